The van der Waals surface area contributed by atoms with Crippen molar-refractivity contribution < 1.29 is 64.0 Å². The van der Waals surface area contributed by atoms with Crippen LogP contribution in [0.5, 0.6) is 0 Å². The Kier molecular flexibility index (Phi) is 12.4. The van der Waals surface area contributed by atoms with Crippen molar-refractivity contribution in [1.29, 1.82) is 0 Å². The molecule has 0 unspecified atom stereocenters. The minimum Gasteiger partial charge on any atom is -0.421 e. The average molecular weight is 160 g/mol. The van der Waals surface area contributed by atoms with E-state index in [4.69, 9.17) is 0 Å². The number of hydrogen-bond donors (Lipinski definition) is 0. The summed E-state index contributed by atoms with van der Waals surface area (Å²) in [6.45, 7) is 3.29. The predicted octanol–water partition coefficient (Wildman–Crippen LogP) is -2.58. The Morgan fingerprint density at radius 2 is 2.12 bits per heavy atom. The maximum Gasteiger partial charge on any atom is 1.00 e. The fourth-order valence-electron chi connectivity index (χ4n) is 0.104. The molecular weight excluding hydrogens is 155 g/mol. The molecule has 3 nitrogen and oxygen atoms in total. The van der Waals surface area contributed by atoms with Crippen molar-refractivity contribution in [1.82, 2.24) is 0 Å². The van der Waals surface area contributed by atoms with Crippen LogP contribution in [0.1, 0.15) is 0 Å². The van der Waals surface area contributed by atoms with E-state index in [1.165, 1.54) is 6.08 Å². The molecule has 0 aliphatic heterocycles. The molecule has 0 radical (unpaired) electrons. The first-order valence-electron chi connectivity index (χ1n) is 1.61. The fraction of sp³-hybridized carbons (Fsp3) is 0.333. The third kappa shape index (κ3) is 10.3. The van der Waals surface area contributed by atoms with Crippen molar-refractivity contribution in [2.75, 3.05) is 6.61 Å². The van der Waals surface area contributed by atoms with Gasteiger partial charge in [0.25, 0.3) is 0 Å². The summed E-state index contributed by atoms with van der Waals surface area (Å²) in [6, 6.07) is 0. The summed E-state index contributed by atoms with van der Waals surface area (Å²) in [5, 5.41) is 0. The van der Waals surface area contributed by atoms with Crippen LogP contribution in [0.15, 0.2) is 12.7 Å². The number of rotatable bonds is 3. The summed E-state index contributed by atoms with van der Waals surface area (Å²) in [5.41, 5.74) is 0. The summed E-state index contributed by atoms with van der Waals surface area (Å²) in [6.07, 6.45) is 1.36. The quantitative estimate of drug-likeness (QED) is 0.259. The van der Waals surface area contributed by atoms with Gasteiger partial charge in [-0.3, -0.25) is 0 Å². The molecule has 0 atom stereocenters. The van der Waals surface area contributed by atoms with Gasteiger partial charge in [-0.15, -0.1) is 6.58 Å². The van der Waals surface area contributed by atoms with Crippen LogP contribution in [-0.4, -0.2) is 6.61 Å². The second-order valence-corrected chi connectivity index (χ2v) is 1.42. The van der Waals surface area contributed by atoms with Crippen LogP contribution in [-0.2, 0) is 23.6 Å². The van der Waals surface area contributed by atoms with Crippen LogP contribution < -0.4 is 51.4 Å². The first-order chi connectivity index (χ1) is 3.27. The summed E-state index contributed by atoms with van der Waals surface area (Å²) in [7, 11) is -2.39. The van der Waals surface area contributed by atoms with Gasteiger partial charge < -0.3 is 12.6 Å². The molecule has 0 heterocycles. The van der Waals surface area contributed by atoms with Crippen LogP contribution in [0.25, 0.3) is 0 Å². The zero-order valence-electron chi connectivity index (χ0n) is 4.62. The van der Waals surface area contributed by atoms with Crippen molar-refractivity contribution in [3.8, 4) is 0 Å². The second-order valence-electron chi connectivity index (χ2n) is 0.777. The molecule has 0 aromatic rings. The summed E-state index contributed by atoms with van der Waals surface area (Å²) in [4.78, 5) is 0. The smallest absolute Gasteiger partial charge is 0.421 e. The van der Waals surface area contributed by atoms with Gasteiger partial charge in [0, 0.05) is 6.61 Å². The van der Waals surface area contributed by atoms with Crippen molar-refractivity contribution in [3.05, 3.63) is 12.7 Å². The van der Waals surface area contributed by atoms with Gasteiger partial charge in [0.1, 0.15) is 0 Å². The molecule has 0 aromatic carbocycles. The summed E-state index contributed by atoms with van der Waals surface area (Å²) >= 11 is 0. The molecule has 0 aromatic heterocycles. The van der Waals surface area contributed by atoms with E-state index in [9.17, 15) is 8.42 Å². The Morgan fingerprint density at radius 3 is 2.25 bits per heavy atom. The molecule has 0 fully saturated rings. The molecule has 0 aliphatic rings. The van der Waals surface area contributed by atoms with Crippen molar-refractivity contribution in [2.24, 2.45) is 0 Å². The van der Waals surface area contributed by atoms with E-state index in [0.29, 0.717) is 0 Å². The van der Waals surface area contributed by atoms with Gasteiger partial charge in [0.15, 0.2) is 0 Å². The van der Waals surface area contributed by atoms with Gasteiger partial charge in [-0.05, 0) is 0 Å². The van der Waals surface area contributed by atoms with E-state index in [0.717, 1.165) is 0 Å². The average Bonchev–Trinajstić information content (AvgIpc) is 1.61. The minimum atomic E-state index is -2.39. The molecule has 0 saturated heterocycles. The molecule has 0 saturated carbocycles. The van der Waals surface area contributed by atoms with Crippen LogP contribution in [0.3, 0.4) is 0 Å². The third-order valence-corrected chi connectivity index (χ3v) is 0.611. The third-order valence-electron chi connectivity index (χ3n) is 0.282. The Labute approximate surface area is 92.7 Å². The topological polar surface area (TPSA) is 43.4 Å². The monoisotopic (exact) mass is 160 g/mol. The zero-order chi connectivity index (χ0) is 5.70. The maximum atomic E-state index is 9.49. The van der Waals surface area contributed by atoms with Crippen molar-refractivity contribution >= 4 is 11.0 Å². The van der Waals surface area contributed by atoms with E-state index in [1.807, 2.05) is 0 Å². The minimum absolute atomic E-state index is 0. The van der Waals surface area contributed by atoms with Crippen LogP contribution in [0.2, 0.25) is 0 Å². The van der Waals surface area contributed by atoms with E-state index in [1.54, 1.807) is 0 Å². The van der Waals surface area contributed by atoms with Gasteiger partial charge in [-0.2, -0.15) is 0 Å². The Morgan fingerprint density at radius 1 is 1.62 bits per heavy atom. The van der Waals surface area contributed by atoms with Gasteiger partial charge >= 0.3 is 51.4 Å². The van der Waals surface area contributed by atoms with Gasteiger partial charge in [0.2, 0.25) is 0 Å². The molecule has 0 spiro atoms. The molecular formula is C3H5KO3S. The van der Waals surface area contributed by atoms with Crippen LogP contribution in [0.4, 0.5) is 0 Å². The Bertz CT molecular complexity index is 112. The molecule has 42 valence electrons. The van der Waals surface area contributed by atoms with E-state index in [2.05, 4.69) is 10.8 Å². The second kappa shape index (κ2) is 8.29. The van der Waals surface area contributed by atoms with Gasteiger partial charge in [-0.1, -0.05) is 6.08 Å². The largest absolute Gasteiger partial charge is 1.00 e. The molecule has 5 heteroatoms. The first kappa shape index (κ1) is 12.0. The Hall–Kier alpha value is 1.29. The van der Waals surface area contributed by atoms with Gasteiger partial charge in [0.05, 0.1) is 11.0 Å². The maximum absolute atomic E-state index is 9.49. The molecule has 0 bridgehead atoms. The normalized spacial score (nSPS) is 8.12. The predicted molar refractivity (Wildman–Crippen MR) is 24.9 cm³/mol. The van der Waals surface area contributed by atoms with E-state index >= 15 is 0 Å². The summed E-state index contributed by atoms with van der Waals surface area (Å²) < 4.78 is 23.0. The first-order valence-corrected chi connectivity index (χ1v) is 2.61. The van der Waals surface area contributed by atoms with E-state index < -0.39 is 11.0 Å². The molecule has 8 heavy (non-hydrogen) atoms. The van der Waals surface area contributed by atoms with Gasteiger partial charge in [-0.25, -0.2) is 0 Å². The van der Waals surface area contributed by atoms with Crippen LogP contribution >= 0.6 is 0 Å². The van der Waals surface area contributed by atoms with E-state index in [-0.39, 0.29) is 58.0 Å². The fourth-order valence-corrected chi connectivity index (χ4v) is 0.311. The molecule has 0 rings (SSSR count). The van der Waals surface area contributed by atoms with Crippen LogP contribution in [0, 0.1) is 0 Å². The Balaban J connectivity index is 0. The SMILES string of the molecule is C=CCO[S-](=O)=O.[K+]. The summed E-state index contributed by atoms with van der Waals surface area (Å²) in [5.74, 6) is 0. The van der Waals surface area contributed by atoms with Crippen molar-refractivity contribution in [3.63, 3.8) is 0 Å². The standard InChI is InChI=1S/C3H5O3S.K/c1-2-3-6-7(4)5;/h2H,1,3H2;/q-1;+1. The molecule has 0 amide bonds. The molecule has 0 aliphatic carbocycles. The molecule has 0 N–H and O–H groups in total. The zero-order valence-corrected chi connectivity index (χ0v) is 8.56. The number of hydrogen-bond acceptors (Lipinski definition) is 4. The van der Waals surface area contributed by atoms with Crippen molar-refractivity contribution in [2.45, 2.75) is 0 Å².